The number of benzene rings is 1. The number of nitrogens with two attached hydrogens (primary N) is 1. The Bertz CT molecular complexity index is 734. The van der Waals surface area contributed by atoms with Crippen LogP contribution in [0.3, 0.4) is 0 Å². The zero-order valence-corrected chi connectivity index (χ0v) is 11.4. The van der Waals surface area contributed by atoms with Crippen molar-refractivity contribution in [2.24, 2.45) is 0 Å². The maximum absolute atomic E-state index is 12.0. The number of hydrogen-bond acceptors (Lipinski definition) is 5. The lowest BCUT2D eigenvalue weighted by Gasteiger charge is -2.05. The number of carbonyl (C=O) groups is 1. The number of rotatable bonds is 4. The van der Waals surface area contributed by atoms with Gasteiger partial charge in [0.2, 0.25) is 0 Å². The fraction of sp³-hybridized carbons (Fsp3) is 0.154. The second kappa shape index (κ2) is 5.30. The van der Waals surface area contributed by atoms with Crippen molar-refractivity contribution >= 4 is 32.6 Å². The highest BCUT2D eigenvalue weighted by Crippen LogP contribution is 2.24. The standard InChI is InChI=1S/C13H13N5OS/c14-13-17-10-3-2-9(8-11(10)20-13)12(19)15-5-7-18-6-1-4-16-18/h1-4,6,8H,5,7H2,(H2,14,17)(H,15,19). The van der Waals surface area contributed by atoms with Crippen LogP contribution in [0, 0.1) is 0 Å². The molecule has 0 radical (unpaired) electrons. The SMILES string of the molecule is Nc1nc2ccc(C(=O)NCCn3cccn3)cc2s1. The predicted molar refractivity (Wildman–Crippen MR) is 78.6 cm³/mol. The van der Waals surface area contributed by atoms with Crippen molar-refractivity contribution in [3.05, 3.63) is 42.2 Å². The first-order valence-electron chi connectivity index (χ1n) is 6.14. The van der Waals surface area contributed by atoms with Crippen LogP contribution in [0.1, 0.15) is 10.4 Å². The molecule has 0 unspecified atom stereocenters. The van der Waals surface area contributed by atoms with Crippen LogP contribution < -0.4 is 11.1 Å². The Morgan fingerprint density at radius 3 is 3.15 bits per heavy atom. The van der Waals surface area contributed by atoms with Crippen molar-refractivity contribution in [1.29, 1.82) is 0 Å². The van der Waals surface area contributed by atoms with E-state index in [0.717, 1.165) is 10.2 Å². The molecule has 7 heteroatoms. The number of hydrogen-bond donors (Lipinski definition) is 2. The van der Waals surface area contributed by atoms with Gasteiger partial charge in [0.1, 0.15) is 0 Å². The third kappa shape index (κ3) is 2.62. The monoisotopic (exact) mass is 287 g/mol. The van der Waals surface area contributed by atoms with Gasteiger partial charge in [-0.2, -0.15) is 5.10 Å². The molecule has 0 aliphatic heterocycles. The largest absolute Gasteiger partial charge is 0.375 e. The number of nitrogen functional groups attached to an aromatic ring is 1. The molecule has 102 valence electrons. The van der Waals surface area contributed by atoms with Crippen LogP contribution in [0.15, 0.2) is 36.7 Å². The predicted octanol–water partition coefficient (Wildman–Crippen LogP) is 1.50. The molecule has 0 spiro atoms. The second-order valence-electron chi connectivity index (χ2n) is 4.26. The summed E-state index contributed by atoms with van der Waals surface area (Å²) in [5.41, 5.74) is 7.08. The summed E-state index contributed by atoms with van der Waals surface area (Å²) in [5, 5.41) is 7.45. The van der Waals surface area contributed by atoms with Crippen molar-refractivity contribution in [3.63, 3.8) is 0 Å². The summed E-state index contributed by atoms with van der Waals surface area (Å²) in [4.78, 5) is 16.2. The molecule has 20 heavy (non-hydrogen) atoms. The molecule has 3 N–H and O–H groups in total. The van der Waals surface area contributed by atoms with Crippen LogP contribution in [0.25, 0.3) is 10.2 Å². The molecule has 0 bridgehead atoms. The normalized spacial score (nSPS) is 10.8. The summed E-state index contributed by atoms with van der Waals surface area (Å²) in [6.07, 6.45) is 3.57. The van der Waals surface area contributed by atoms with E-state index >= 15 is 0 Å². The van der Waals surface area contributed by atoms with Gasteiger partial charge < -0.3 is 11.1 Å². The molecule has 3 aromatic rings. The number of nitrogens with zero attached hydrogens (tertiary/aromatic N) is 3. The third-order valence-corrected chi connectivity index (χ3v) is 3.70. The van der Waals surface area contributed by atoms with E-state index < -0.39 is 0 Å². The number of amides is 1. The molecule has 0 atom stereocenters. The molecule has 0 saturated heterocycles. The molecular weight excluding hydrogens is 274 g/mol. The summed E-state index contributed by atoms with van der Waals surface area (Å²) < 4.78 is 2.69. The Morgan fingerprint density at radius 1 is 1.45 bits per heavy atom. The van der Waals surface area contributed by atoms with Crippen molar-refractivity contribution in [1.82, 2.24) is 20.1 Å². The van der Waals surface area contributed by atoms with Gasteiger partial charge in [0.25, 0.3) is 5.91 Å². The Morgan fingerprint density at radius 2 is 2.35 bits per heavy atom. The number of carbonyl (C=O) groups excluding carboxylic acids is 1. The van der Waals surface area contributed by atoms with Crippen LogP contribution >= 0.6 is 11.3 Å². The van der Waals surface area contributed by atoms with Gasteiger partial charge in [-0.1, -0.05) is 11.3 Å². The molecule has 3 rings (SSSR count). The molecule has 6 nitrogen and oxygen atoms in total. The van der Waals surface area contributed by atoms with Gasteiger partial charge in [-0.3, -0.25) is 9.48 Å². The maximum Gasteiger partial charge on any atom is 0.251 e. The quantitative estimate of drug-likeness (QED) is 0.761. The first-order chi connectivity index (χ1) is 9.72. The molecule has 0 saturated carbocycles. The fourth-order valence-electron chi connectivity index (χ4n) is 1.90. The summed E-state index contributed by atoms with van der Waals surface area (Å²) in [7, 11) is 0. The molecule has 0 aliphatic carbocycles. The fourth-order valence-corrected chi connectivity index (χ4v) is 2.68. The van der Waals surface area contributed by atoms with Crippen LogP contribution in [0.5, 0.6) is 0 Å². The minimum absolute atomic E-state index is 0.106. The van der Waals surface area contributed by atoms with Gasteiger partial charge in [-0.05, 0) is 24.3 Å². The van der Waals surface area contributed by atoms with Crippen LogP contribution in [-0.2, 0) is 6.54 Å². The average molecular weight is 287 g/mol. The number of aromatic nitrogens is 3. The summed E-state index contributed by atoms with van der Waals surface area (Å²) >= 11 is 1.38. The lowest BCUT2D eigenvalue weighted by Crippen LogP contribution is -2.27. The molecule has 1 aromatic carbocycles. The molecular formula is C13H13N5OS. The Labute approximate surface area is 119 Å². The summed E-state index contributed by atoms with van der Waals surface area (Å²) in [5.74, 6) is -0.106. The van der Waals surface area contributed by atoms with Crippen LogP contribution in [0.4, 0.5) is 5.13 Å². The van der Waals surface area contributed by atoms with E-state index in [9.17, 15) is 4.79 Å². The number of thiazole rings is 1. The van der Waals surface area contributed by atoms with Gasteiger partial charge in [0.05, 0.1) is 16.8 Å². The Kier molecular flexibility index (Phi) is 3.34. The molecule has 0 fully saturated rings. The highest BCUT2D eigenvalue weighted by molar-refractivity contribution is 7.22. The highest BCUT2D eigenvalue weighted by Gasteiger charge is 2.08. The van der Waals surface area contributed by atoms with Crippen molar-refractivity contribution in [2.75, 3.05) is 12.3 Å². The van der Waals surface area contributed by atoms with Crippen LogP contribution in [0.2, 0.25) is 0 Å². The molecule has 2 aromatic heterocycles. The summed E-state index contributed by atoms with van der Waals surface area (Å²) in [6, 6.07) is 7.23. The van der Waals surface area contributed by atoms with E-state index in [1.54, 1.807) is 16.9 Å². The van der Waals surface area contributed by atoms with Gasteiger partial charge >= 0.3 is 0 Å². The number of anilines is 1. The van der Waals surface area contributed by atoms with Gasteiger partial charge in [-0.15, -0.1) is 0 Å². The van der Waals surface area contributed by atoms with Crippen molar-refractivity contribution in [3.8, 4) is 0 Å². The van der Waals surface area contributed by atoms with E-state index in [0.29, 0.717) is 23.8 Å². The molecule has 0 aliphatic rings. The average Bonchev–Trinajstić information content (AvgIpc) is 3.05. The minimum Gasteiger partial charge on any atom is -0.375 e. The Hall–Kier alpha value is -2.41. The second-order valence-corrected chi connectivity index (χ2v) is 5.32. The van der Waals surface area contributed by atoms with Crippen molar-refractivity contribution < 1.29 is 4.79 Å². The van der Waals surface area contributed by atoms with Crippen molar-refractivity contribution in [2.45, 2.75) is 6.54 Å². The number of fused-ring (bicyclic) bond motifs is 1. The first-order valence-corrected chi connectivity index (χ1v) is 6.96. The van der Waals surface area contributed by atoms with Gasteiger partial charge in [0.15, 0.2) is 5.13 Å². The van der Waals surface area contributed by atoms with Gasteiger partial charge in [0, 0.05) is 24.5 Å². The lowest BCUT2D eigenvalue weighted by atomic mass is 10.2. The Balaban J connectivity index is 1.65. The lowest BCUT2D eigenvalue weighted by molar-refractivity contribution is 0.0952. The van der Waals surface area contributed by atoms with Gasteiger partial charge in [-0.25, -0.2) is 4.98 Å². The highest BCUT2D eigenvalue weighted by atomic mass is 32.1. The molecule has 1 amide bonds. The minimum atomic E-state index is -0.106. The smallest absolute Gasteiger partial charge is 0.251 e. The zero-order valence-electron chi connectivity index (χ0n) is 10.6. The first kappa shape index (κ1) is 12.6. The topological polar surface area (TPSA) is 85.8 Å². The van der Waals surface area contributed by atoms with E-state index in [4.69, 9.17) is 5.73 Å². The van der Waals surface area contributed by atoms with E-state index in [2.05, 4.69) is 15.4 Å². The maximum atomic E-state index is 12.0. The number of nitrogens with one attached hydrogen (secondary N) is 1. The van der Waals surface area contributed by atoms with Crippen LogP contribution in [-0.4, -0.2) is 27.2 Å². The van der Waals surface area contributed by atoms with E-state index in [-0.39, 0.29) is 5.91 Å². The van der Waals surface area contributed by atoms with E-state index in [1.165, 1.54) is 11.3 Å². The molecule has 2 heterocycles. The third-order valence-electron chi connectivity index (χ3n) is 2.85. The van der Waals surface area contributed by atoms with E-state index in [1.807, 2.05) is 24.4 Å². The zero-order chi connectivity index (χ0) is 13.9. The summed E-state index contributed by atoms with van der Waals surface area (Å²) in [6.45, 7) is 1.18.